The summed E-state index contributed by atoms with van der Waals surface area (Å²) in [6.45, 7) is 7.88. The molecule has 0 saturated carbocycles. The van der Waals surface area contributed by atoms with E-state index >= 15 is 0 Å². The summed E-state index contributed by atoms with van der Waals surface area (Å²) in [5.74, 6) is -0.273. The van der Waals surface area contributed by atoms with Gasteiger partial charge in [0.25, 0.3) is 5.91 Å². The van der Waals surface area contributed by atoms with Crippen LogP contribution in [0.2, 0.25) is 0 Å². The molecule has 0 aliphatic rings. The van der Waals surface area contributed by atoms with Crippen molar-refractivity contribution in [1.29, 1.82) is 0 Å². The lowest BCUT2D eigenvalue weighted by atomic mass is 10.2. The van der Waals surface area contributed by atoms with E-state index in [9.17, 15) is 9.59 Å². The molecule has 1 amide bonds. The Kier molecular flexibility index (Phi) is 5.68. The summed E-state index contributed by atoms with van der Waals surface area (Å²) in [5.41, 5.74) is 2.14. The highest BCUT2D eigenvalue weighted by atomic mass is 16.5. The van der Waals surface area contributed by atoms with E-state index in [4.69, 9.17) is 4.74 Å². The minimum absolute atomic E-state index is 0.287. The van der Waals surface area contributed by atoms with E-state index in [0.717, 1.165) is 17.8 Å². The maximum absolute atomic E-state index is 12.1. The molecule has 0 saturated heterocycles. The fraction of sp³-hybridized carbons (Fsp3) is 0.412. The Morgan fingerprint density at radius 2 is 2.08 bits per heavy atom. The van der Waals surface area contributed by atoms with Gasteiger partial charge in [-0.25, -0.2) is 14.5 Å². The van der Waals surface area contributed by atoms with E-state index in [0.29, 0.717) is 12.4 Å². The second-order valence-corrected chi connectivity index (χ2v) is 5.58. The molecule has 7 nitrogen and oxygen atoms in total. The lowest BCUT2D eigenvalue weighted by molar-refractivity contribution is -0.129. The average molecular weight is 330 g/mol. The maximum Gasteiger partial charge on any atom is 0.340 e. The summed E-state index contributed by atoms with van der Waals surface area (Å²) < 4.78 is 6.85. The van der Waals surface area contributed by atoms with E-state index in [1.807, 2.05) is 26.8 Å². The zero-order valence-corrected chi connectivity index (χ0v) is 14.4. The molecular formula is C17H22N4O3. The number of carbonyl (C=O) groups is 2. The number of amides is 1. The van der Waals surface area contributed by atoms with Crippen LogP contribution in [0.3, 0.4) is 0 Å². The molecule has 0 bridgehead atoms. The van der Waals surface area contributed by atoms with Crippen molar-refractivity contribution in [1.82, 2.24) is 20.1 Å². The molecule has 1 N–H and O–H groups in total. The number of pyridine rings is 1. The molecule has 128 valence electrons. The van der Waals surface area contributed by atoms with Gasteiger partial charge in [-0.2, -0.15) is 5.10 Å². The molecule has 0 fully saturated rings. The summed E-state index contributed by atoms with van der Waals surface area (Å²) in [5, 5.41) is 7.02. The molecule has 1 atom stereocenters. The number of nitrogens with zero attached hydrogens (tertiary/aromatic N) is 3. The second kappa shape index (κ2) is 7.72. The molecular weight excluding hydrogens is 308 g/mol. The van der Waals surface area contributed by atoms with Gasteiger partial charge in [-0.05, 0) is 45.4 Å². The lowest BCUT2D eigenvalue weighted by Crippen LogP contribution is -2.36. The van der Waals surface area contributed by atoms with Crippen molar-refractivity contribution in [3.05, 3.63) is 41.3 Å². The molecule has 0 spiro atoms. The van der Waals surface area contributed by atoms with E-state index in [-0.39, 0.29) is 11.5 Å². The van der Waals surface area contributed by atoms with Crippen molar-refractivity contribution in [2.75, 3.05) is 6.54 Å². The Morgan fingerprint density at radius 1 is 1.33 bits per heavy atom. The average Bonchev–Trinajstić information content (AvgIpc) is 2.91. The SMILES string of the molecule is CCCNC(=O)C(C)OC(=O)c1ccc(-n2nc(C)cc2C)nc1. The van der Waals surface area contributed by atoms with Crippen LogP contribution in [0.15, 0.2) is 24.4 Å². The summed E-state index contributed by atoms with van der Waals surface area (Å²) in [4.78, 5) is 28.1. The number of hydrogen-bond donors (Lipinski definition) is 1. The quantitative estimate of drug-likeness (QED) is 0.818. The van der Waals surface area contributed by atoms with Gasteiger partial charge in [0.05, 0.1) is 11.3 Å². The first kappa shape index (κ1) is 17.7. The summed E-state index contributed by atoms with van der Waals surface area (Å²) >= 11 is 0. The van der Waals surface area contributed by atoms with Crippen LogP contribution in [0.4, 0.5) is 0 Å². The highest BCUT2D eigenvalue weighted by Gasteiger charge is 2.18. The molecule has 0 aliphatic heterocycles. The fourth-order valence-electron chi connectivity index (χ4n) is 2.17. The van der Waals surface area contributed by atoms with E-state index in [1.54, 1.807) is 23.7 Å². The number of rotatable bonds is 6. The minimum atomic E-state index is -0.847. The van der Waals surface area contributed by atoms with Gasteiger partial charge in [-0.15, -0.1) is 0 Å². The van der Waals surface area contributed by atoms with Crippen molar-refractivity contribution in [2.24, 2.45) is 0 Å². The maximum atomic E-state index is 12.1. The first-order valence-electron chi connectivity index (χ1n) is 7.90. The zero-order valence-electron chi connectivity index (χ0n) is 14.4. The Labute approximate surface area is 141 Å². The van der Waals surface area contributed by atoms with Gasteiger partial charge in [0.1, 0.15) is 0 Å². The molecule has 2 rings (SSSR count). The van der Waals surface area contributed by atoms with Crippen LogP contribution in [0.5, 0.6) is 0 Å². The van der Waals surface area contributed by atoms with Crippen molar-refractivity contribution < 1.29 is 14.3 Å². The number of hydrogen-bond acceptors (Lipinski definition) is 5. The molecule has 24 heavy (non-hydrogen) atoms. The number of carbonyl (C=O) groups excluding carboxylic acids is 2. The molecule has 2 aromatic rings. The third kappa shape index (κ3) is 4.18. The predicted octanol–water partition coefficient (Wildman–Crippen LogP) is 1.96. The van der Waals surface area contributed by atoms with Gasteiger partial charge < -0.3 is 10.1 Å². The van der Waals surface area contributed by atoms with Crippen LogP contribution in [-0.4, -0.2) is 39.3 Å². The third-order valence-corrected chi connectivity index (χ3v) is 3.41. The second-order valence-electron chi connectivity index (χ2n) is 5.58. The summed E-state index contributed by atoms with van der Waals surface area (Å²) in [6.07, 6.45) is 1.40. The normalized spacial score (nSPS) is 11.8. The number of aromatic nitrogens is 3. The molecule has 2 aromatic heterocycles. The number of esters is 1. The van der Waals surface area contributed by atoms with Crippen molar-refractivity contribution >= 4 is 11.9 Å². The van der Waals surface area contributed by atoms with Gasteiger partial charge >= 0.3 is 5.97 Å². The zero-order chi connectivity index (χ0) is 17.7. The van der Waals surface area contributed by atoms with E-state index in [2.05, 4.69) is 15.4 Å². The highest BCUT2D eigenvalue weighted by molar-refractivity contribution is 5.92. The highest BCUT2D eigenvalue weighted by Crippen LogP contribution is 2.11. The standard InChI is InChI=1S/C17H22N4O3/c1-5-8-18-16(22)13(4)24-17(23)14-6-7-15(19-10-14)21-12(3)9-11(2)20-21/h6-7,9-10,13H,5,8H2,1-4H3,(H,18,22). The van der Waals surface area contributed by atoms with Gasteiger partial charge in [0.15, 0.2) is 11.9 Å². The molecule has 0 aliphatic carbocycles. The summed E-state index contributed by atoms with van der Waals surface area (Å²) in [6, 6.07) is 5.25. The molecule has 2 heterocycles. The Hall–Kier alpha value is -2.70. The topological polar surface area (TPSA) is 86.1 Å². The predicted molar refractivity (Wildman–Crippen MR) is 89.0 cm³/mol. The molecule has 1 unspecified atom stereocenters. The smallest absolute Gasteiger partial charge is 0.340 e. The Balaban J connectivity index is 2.03. The molecule has 7 heteroatoms. The van der Waals surface area contributed by atoms with E-state index in [1.165, 1.54) is 6.20 Å². The van der Waals surface area contributed by atoms with E-state index < -0.39 is 12.1 Å². The number of ether oxygens (including phenoxy) is 1. The number of aryl methyl sites for hydroxylation is 2. The fourth-order valence-corrected chi connectivity index (χ4v) is 2.17. The first-order chi connectivity index (χ1) is 11.4. The Morgan fingerprint density at radius 3 is 2.62 bits per heavy atom. The van der Waals surface area contributed by atoms with Crippen molar-refractivity contribution in [3.63, 3.8) is 0 Å². The monoisotopic (exact) mass is 330 g/mol. The molecule has 0 aromatic carbocycles. The van der Waals surface area contributed by atoms with Crippen LogP contribution in [0, 0.1) is 13.8 Å². The van der Waals surface area contributed by atoms with Gasteiger partial charge in [0, 0.05) is 18.4 Å². The van der Waals surface area contributed by atoms with Gasteiger partial charge in [-0.3, -0.25) is 4.79 Å². The van der Waals surface area contributed by atoms with Crippen LogP contribution < -0.4 is 5.32 Å². The van der Waals surface area contributed by atoms with Gasteiger partial charge in [-0.1, -0.05) is 6.92 Å². The Bertz CT molecular complexity index is 722. The summed E-state index contributed by atoms with van der Waals surface area (Å²) in [7, 11) is 0. The van der Waals surface area contributed by atoms with Crippen molar-refractivity contribution in [3.8, 4) is 5.82 Å². The van der Waals surface area contributed by atoms with Gasteiger partial charge in [0.2, 0.25) is 0 Å². The third-order valence-electron chi connectivity index (χ3n) is 3.41. The number of nitrogens with one attached hydrogen (secondary N) is 1. The molecule has 0 radical (unpaired) electrons. The van der Waals surface area contributed by atoms with Crippen LogP contribution >= 0.6 is 0 Å². The largest absolute Gasteiger partial charge is 0.449 e. The first-order valence-corrected chi connectivity index (χ1v) is 7.90. The minimum Gasteiger partial charge on any atom is -0.449 e. The van der Waals surface area contributed by atoms with Crippen molar-refractivity contribution in [2.45, 2.75) is 40.2 Å². The van der Waals surface area contributed by atoms with Crippen LogP contribution in [0.25, 0.3) is 5.82 Å². The lowest BCUT2D eigenvalue weighted by Gasteiger charge is -2.13. The van der Waals surface area contributed by atoms with Crippen LogP contribution in [-0.2, 0) is 9.53 Å². The van der Waals surface area contributed by atoms with Crippen LogP contribution in [0.1, 0.15) is 42.0 Å².